The number of benzene rings is 1. The Morgan fingerprint density at radius 2 is 2.00 bits per heavy atom. The highest BCUT2D eigenvalue weighted by Gasteiger charge is 2.28. The summed E-state index contributed by atoms with van der Waals surface area (Å²) in [4.78, 5) is 2.40. The maximum atomic E-state index is 12.8. The number of hydrogen-bond donors (Lipinski definition) is 1. The molecule has 0 saturated carbocycles. The third-order valence-corrected chi connectivity index (χ3v) is 3.73. The van der Waals surface area contributed by atoms with E-state index >= 15 is 0 Å². The van der Waals surface area contributed by atoms with Gasteiger partial charge in [-0.15, -0.1) is 0 Å². The fourth-order valence-corrected chi connectivity index (χ4v) is 2.57. The maximum absolute atomic E-state index is 12.8. The van der Waals surface area contributed by atoms with Crippen LogP contribution in [0, 0.1) is 11.2 Å². The van der Waals surface area contributed by atoms with Crippen LogP contribution in [0.15, 0.2) is 24.3 Å². The summed E-state index contributed by atoms with van der Waals surface area (Å²) in [5.74, 6) is -0.257. The molecule has 1 atom stereocenters. The summed E-state index contributed by atoms with van der Waals surface area (Å²) in [6.07, 6.45) is 1.44. The SMILES string of the molecule is CC1(C)CCN(CCC(O)c2ccc(F)cc2)C1. The van der Waals surface area contributed by atoms with Gasteiger partial charge >= 0.3 is 0 Å². The number of halogens is 1. The quantitative estimate of drug-likeness (QED) is 0.889. The Morgan fingerprint density at radius 3 is 2.56 bits per heavy atom. The van der Waals surface area contributed by atoms with E-state index in [1.54, 1.807) is 12.1 Å². The van der Waals surface area contributed by atoms with Gasteiger partial charge in [-0.3, -0.25) is 0 Å². The third kappa shape index (κ3) is 3.53. The van der Waals surface area contributed by atoms with E-state index in [4.69, 9.17) is 0 Å². The molecule has 1 N–H and O–H groups in total. The van der Waals surface area contributed by atoms with Crippen molar-refractivity contribution in [2.75, 3.05) is 19.6 Å². The fraction of sp³-hybridized carbons (Fsp3) is 0.600. The lowest BCUT2D eigenvalue weighted by Gasteiger charge is -2.21. The van der Waals surface area contributed by atoms with Crippen molar-refractivity contribution in [3.63, 3.8) is 0 Å². The highest BCUT2D eigenvalue weighted by molar-refractivity contribution is 5.18. The molecule has 0 amide bonds. The molecule has 0 bridgehead atoms. The first-order valence-electron chi connectivity index (χ1n) is 6.62. The standard InChI is InChI=1S/C15H22FNO/c1-15(2)8-10-17(11-15)9-7-14(18)12-3-5-13(16)6-4-12/h3-6,14,18H,7-11H2,1-2H3. The zero-order chi connectivity index (χ0) is 13.2. The molecule has 0 aromatic heterocycles. The summed E-state index contributed by atoms with van der Waals surface area (Å²) in [5, 5.41) is 10.1. The Hall–Kier alpha value is -0.930. The maximum Gasteiger partial charge on any atom is 0.123 e. The van der Waals surface area contributed by atoms with Crippen LogP contribution in [-0.2, 0) is 0 Å². The van der Waals surface area contributed by atoms with Gasteiger partial charge in [-0.05, 0) is 42.5 Å². The van der Waals surface area contributed by atoms with Crippen LogP contribution >= 0.6 is 0 Å². The van der Waals surface area contributed by atoms with Crippen molar-refractivity contribution in [3.05, 3.63) is 35.6 Å². The second-order valence-electron chi connectivity index (χ2n) is 6.05. The number of rotatable bonds is 4. The minimum absolute atomic E-state index is 0.257. The molecular formula is C15H22FNO. The van der Waals surface area contributed by atoms with Gasteiger partial charge in [0.1, 0.15) is 5.82 Å². The zero-order valence-corrected chi connectivity index (χ0v) is 11.2. The number of likely N-dealkylation sites (tertiary alicyclic amines) is 1. The summed E-state index contributed by atoms with van der Waals surface area (Å²) in [5.41, 5.74) is 1.20. The number of aliphatic hydroxyl groups excluding tert-OH is 1. The summed E-state index contributed by atoms with van der Waals surface area (Å²) >= 11 is 0. The minimum atomic E-state index is -0.491. The predicted octanol–water partition coefficient (Wildman–Crippen LogP) is 2.98. The lowest BCUT2D eigenvalue weighted by Crippen LogP contribution is -2.25. The Bertz CT molecular complexity index is 388. The molecule has 1 saturated heterocycles. The fourth-order valence-electron chi connectivity index (χ4n) is 2.57. The summed E-state index contributed by atoms with van der Waals surface area (Å²) in [7, 11) is 0. The lowest BCUT2D eigenvalue weighted by atomic mass is 9.93. The van der Waals surface area contributed by atoms with Gasteiger partial charge in [0.05, 0.1) is 6.10 Å². The van der Waals surface area contributed by atoms with Crippen molar-refractivity contribution >= 4 is 0 Å². The van der Waals surface area contributed by atoms with E-state index in [9.17, 15) is 9.50 Å². The molecule has 0 spiro atoms. The second-order valence-corrected chi connectivity index (χ2v) is 6.05. The van der Waals surface area contributed by atoms with Gasteiger partial charge in [-0.1, -0.05) is 26.0 Å². The first kappa shape index (κ1) is 13.5. The van der Waals surface area contributed by atoms with Crippen LogP contribution in [0.5, 0.6) is 0 Å². The van der Waals surface area contributed by atoms with Crippen molar-refractivity contribution in [2.24, 2.45) is 5.41 Å². The molecule has 1 heterocycles. The third-order valence-electron chi connectivity index (χ3n) is 3.73. The number of aliphatic hydroxyl groups is 1. The molecule has 2 nitrogen and oxygen atoms in total. The zero-order valence-electron chi connectivity index (χ0n) is 11.2. The second kappa shape index (κ2) is 5.37. The average molecular weight is 251 g/mol. The van der Waals surface area contributed by atoms with E-state index in [0.29, 0.717) is 11.8 Å². The molecule has 1 aliphatic heterocycles. The van der Waals surface area contributed by atoms with E-state index in [1.165, 1.54) is 18.6 Å². The van der Waals surface area contributed by atoms with Crippen molar-refractivity contribution < 1.29 is 9.50 Å². The van der Waals surface area contributed by atoms with Crippen LogP contribution in [0.2, 0.25) is 0 Å². The molecule has 1 aliphatic rings. The first-order chi connectivity index (χ1) is 8.46. The van der Waals surface area contributed by atoms with Crippen molar-refractivity contribution in [1.82, 2.24) is 4.90 Å². The molecule has 2 rings (SSSR count). The average Bonchev–Trinajstić information content (AvgIpc) is 2.67. The molecule has 1 aromatic rings. The van der Waals surface area contributed by atoms with Crippen LogP contribution in [-0.4, -0.2) is 29.6 Å². The van der Waals surface area contributed by atoms with Crippen molar-refractivity contribution in [1.29, 1.82) is 0 Å². The van der Waals surface area contributed by atoms with Crippen LogP contribution in [0.3, 0.4) is 0 Å². The normalized spacial score (nSPS) is 21.1. The van der Waals surface area contributed by atoms with Gasteiger partial charge in [0.2, 0.25) is 0 Å². The Kier molecular flexibility index (Phi) is 4.03. The van der Waals surface area contributed by atoms with Gasteiger partial charge in [-0.2, -0.15) is 0 Å². The molecular weight excluding hydrogens is 229 g/mol. The highest BCUT2D eigenvalue weighted by Crippen LogP contribution is 2.29. The molecule has 0 radical (unpaired) electrons. The van der Waals surface area contributed by atoms with E-state index in [-0.39, 0.29) is 5.82 Å². The molecule has 1 fully saturated rings. The molecule has 100 valence electrons. The Morgan fingerprint density at radius 1 is 1.33 bits per heavy atom. The number of nitrogens with zero attached hydrogens (tertiary/aromatic N) is 1. The largest absolute Gasteiger partial charge is 0.388 e. The summed E-state index contributed by atoms with van der Waals surface area (Å²) < 4.78 is 12.8. The molecule has 1 unspecified atom stereocenters. The first-order valence-corrected chi connectivity index (χ1v) is 6.62. The van der Waals surface area contributed by atoms with Gasteiger partial charge in [0.15, 0.2) is 0 Å². The summed E-state index contributed by atoms with van der Waals surface area (Å²) in [6.45, 7) is 7.68. The van der Waals surface area contributed by atoms with E-state index in [0.717, 1.165) is 25.2 Å². The van der Waals surface area contributed by atoms with Gasteiger partial charge < -0.3 is 10.0 Å². The van der Waals surface area contributed by atoms with Crippen LogP contribution < -0.4 is 0 Å². The van der Waals surface area contributed by atoms with Crippen molar-refractivity contribution in [2.45, 2.75) is 32.8 Å². The Balaban J connectivity index is 1.82. The van der Waals surface area contributed by atoms with Crippen LogP contribution in [0.25, 0.3) is 0 Å². The smallest absolute Gasteiger partial charge is 0.123 e. The molecule has 1 aromatic carbocycles. The van der Waals surface area contributed by atoms with Gasteiger partial charge in [0, 0.05) is 13.1 Å². The molecule has 3 heteroatoms. The minimum Gasteiger partial charge on any atom is -0.388 e. The van der Waals surface area contributed by atoms with Crippen LogP contribution in [0.1, 0.15) is 38.4 Å². The topological polar surface area (TPSA) is 23.5 Å². The Labute approximate surface area is 108 Å². The molecule has 0 aliphatic carbocycles. The predicted molar refractivity (Wildman–Crippen MR) is 70.8 cm³/mol. The van der Waals surface area contributed by atoms with E-state index in [1.807, 2.05) is 0 Å². The van der Waals surface area contributed by atoms with Crippen LogP contribution in [0.4, 0.5) is 4.39 Å². The lowest BCUT2D eigenvalue weighted by molar-refractivity contribution is 0.146. The van der Waals surface area contributed by atoms with Gasteiger partial charge in [0.25, 0.3) is 0 Å². The van der Waals surface area contributed by atoms with Gasteiger partial charge in [-0.25, -0.2) is 4.39 Å². The summed E-state index contributed by atoms with van der Waals surface area (Å²) in [6, 6.07) is 6.12. The van der Waals surface area contributed by atoms with Crippen molar-refractivity contribution in [3.8, 4) is 0 Å². The van der Waals surface area contributed by atoms with E-state index in [2.05, 4.69) is 18.7 Å². The molecule has 18 heavy (non-hydrogen) atoms. The number of hydrogen-bond acceptors (Lipinski definition) is 2. The monoisotopic (exact) mass is 251 g/mol. The highest BCUT2D eigenvalue weighted by atomic mass is 19.1. The van der Waals surface area contributed by atoms with E-state index < -0.39 is 6.10 Å².